The summed E-state index contributed by atoms with van der Waals surface area (Å²) in [6, 6.07) is 7.14. The molecule has 0 N–H and O–H groups in total. The first-order valence-corrected chi connectivity index (χ1v) is 10.8. The third-order valence-corrected chi connectivity index (χ3v) is 7.08. The Labute approximate surface area is 162 Å². The molecule has 0 radical (unpaired) electrons. The summed E-state index contributed by atoms with van der Waals surface area (Å²) in [6.07, 6.45) is 5.93. The molecule has 5 rings (SSSR count). The molecule has 2 aliphatic heterocycles. The largest absolute Gasteiger partial charge is 0.341 e. The maximum Gasteiger partial charge on any atom is 0.237 e. The van der Waals surface area contributed by atoms with Gasteiger partial charge in [-0.3, -0.25) is 9.69 Å². The average molecular weight is 366 g/mol. The van der Waals surface area contributed by atoms with Crippen LogP contribution in [-0.4, -0.2) is 46.5 Å². The van der Waals surface area contributed by atoms with E-state index in [0.717, 1.165) is 44.9 Å². The molecule has 2 aromatic rings. The summed E-state index contributed by atoms with van der Waals surface area (Å²) in [7, 11) is 0. The van der Waals surface area contributed by atoms with Crippen LogP contribution in [0, 0.1) is 12.8 Å². The van der Waals surface area contributed by atoms with Gasteiger partial charge in [-0.2, -0.15) is 0 Å². The molecule has 1 atom stereocenters. The van der Waals surface area contributed by atoms with E-state index in [1.54, 1.807) is 0 Å². The highest BCUT2D eigenvalue weighted by Gasteiger charge is 2.37. The van der Waals surface area contributed by atoms with Crippen LogP contribution in [0.1, 0.15) is 55.5 Å². The summed E-state index contributed by atoms with van der Waals surface area (Å²) in [6.45, 7) is 9.07. The van der Waals surface area contributed by atoms with E-state index >= 15 is 0 Å². The molecule has 1 aromatic carbocycles. The number of benzene rings is 1. The zero-order chi connectivity index (χ0) is 18.5. The number of carbonyl (C=O) groups excluding carboxylic acids is 1. The summed E-state index contributed by atoms with van der Waals surface area (Å²) < 4.78 is 2.51. The number of aryl methyl sites for hydroxylation is 2. The van der Waals surface area contributed by atoms with Crippen LogP contribution >= 0.6 is 0 Å². The molecule has 1 saturated heterocycles. The molecule has 0 spiro atoms. The molecule has 4 nitrogen and oxygen atoms in total. The Bertz CT molecular complexity index is 875. The number of nitrogens with zero attached hydrogens (tertiary/aromatic N) is 3. The van der Waals surface area contributed by atoms with Gasteiger partial charge in [-0.05, 0) is 75.7 Å². The van der Waals surface area contributed by atoms with Crippen molar-refractivity contribution in [3.63, 3.8) is 0 Å². The Hall–Kier alpha value is -1.81. The number of rotatable bonds is 2. The van der Waals surface area contributed by atoms with Gasteiger partial charge in [-0.15, -0.1) is 0 Å². The standard InChI is InChI=1S/C23H31N3O/c1-16-8-10-24(11-9-16)15-22(27)25-12-13-26-20-7-6-17(2)14-19(20)18-4-3-5-21(25)23(18)26/h6-7,14,16,21H,3-5,8-13,15H2,1-2H3/t21-/m1/s1. The van der Waals surface area contributed by atoms with Crippen molar-refractivity contribution in [2.45, 2.75) is 58.5 Å². The monoisotopic (exact) mass is 365 g/mol. The van der Waals surface area contributed by atoms with E-state index in [1.165, 1.54) is 47.0 Å². The zero-order valence-electron chi connectivity index (χ0n) is 16.7. The van der Waals surface area contributed by atoms with Crippen molar-refractivity contribution in [2.24, 2.45) is 5.92 Å². The van der Waals surface area contributed by atoms with Gasteiger partial charge in [0, 0.05) is 29.7 Å². The van der Waals surface area contributed by atoms with Gasteiger partial charge in [0.05, 0.1) is 12.6 Å². The molecule has 27 heavy (non-hydrogen) atoms. The second-order valence-electron chi connectivity index (χ2n) is 8.99. The van der Waals surface area contributed by atoms with Crippen molar-refractivity contribution < 1.29 is 4.79 Å². The van der Waals surface area contributed by atoms with Crippen LogP contribution in [0.2, 0.25) is 0 Å². The van der Waals surface area contributed by atoms with Gasteiger partial charge < -0.3 is 9.47 Å². The molecule has 0 bridgehead atoms. The third kappa shape index (κ3) is 2.89. The predicted molar refractivity (Wildman–Crippen MR) is 109 cm³/mol. The van der Waals surface area contributed by atoms with Crippen molar-refractivity contribution >= 4 is 16.8 Å². The van der Waals surface area contributed by atoms with E-state index in [4.69, 9.17) is 0 Å². The van der Waals surface area contributed by atoms with Crippen LogP contribution < -0.4 is 0 Å². The number of hydrogen-bond donors (Lipinski definition) is 0. The molecule has 0 unspecified atom stereocenters. The number of likely N-dealkylation sites (tertiary alicyclic amines) is 1. The number of amides is 1. The average Bonchev–Trinajstić information content (AvgIpc) is 2.99. The fourth-order valence-corrected chi connectivity index (χ4v) is 5.52. The number of fused-ring (bicyclic) bond motifs is 3. The molecular formula is C23H31N3O. The van der Waals surface area contributed by atoms with E-state index < -0.39 is 0 Å². The highest BCUT2D eigenvalue weighted by Crippen LogP contribution is 2.42. The minimum absolute atomic E-state index is 0.284. The Kier molecular flexibility index (Phi) is 4.27. The Morgan fingerprint density at radius 3 is 2.74 bits per heavy atom. The topological polar surface area (TPSA) is 28.5 Å². The normalized spacial score (nSPS) is 23.6. The lowest BCUT2D eigenvalue weighted by molar-refractivity contribution is -0.136. The summed E-state index contributed by atoms with van der Waals surface area (Å²) >= 11 is 0. The summed E-state index contributed by atoms with van der Waals surface area (Å²) in [5.41, 5.74) is 5.65. The van der Waals surface area contributed by atoms with Crippen molar-refractivity contribution in [1.82, 2.24) is 14.4 Å². The molecule has 1 amide bonds. The van der Waals surface area contributed by atoms with Crippen LogP contribution in [0.5, 0.6) is 0 Å². The second kappa shape index (κ2) is 6.66. The van der Waals surface area contributed by atoms with Crippen LogP contribution in [-0.2, 0) is 17.8 Å². The Morgan fingerprint density at radius 1 is 1.11 bits per heavy atom. The fraction of sp³-hybridized carbons (Fsp3) is 0.609. The molecule has 144 valence electrons. The van der Waals surface area contributed by atoms with E-state index in [1.807, 2.05) is 0 Å². The minimum atomic E-state index is 0.284. The first-order chi connectivity index (χ1) is 13.1. The van der Waals surface area contributed by atoms with Gasteiger partial charge in [0.1, 0.15) is 0 Å². The number of hydrogen-bond acceptors (Lipinski definition) is 2. The molecule has 4 heteroatoms. The van der Waals surface area contributed by atoms with Gasteiger partial charge >= 0.3 is 0 Å². The molecule has 3 heterocycles. The van der Waals surface area contributed by atoms with Crippen LogP contribution in [0.15, 0.2) is 18.2 Å². The van der Waals surface area contributed by atoms with Crippen molar-refractivity contribution in [3.05, 3.63) is 35.0 Å². The number of carbonyl (C=O) groups is 1. The third-order valence-electron chi connectivity index (χ3n) is 7.08. The lowest BCUT2D eigenvalue weighted by atomic mass is 9.89. The minimum Gasteiger partial charge on any atom is -0.341 e. The molecule has 1 fully saturated rings. The van der Waals surface area contributed by atoms with E-state index in [-0.39, 0.29) is 6.04 Å². The van der Waals surface area contributed by atoms with Gasteiger partial charge in [0.15, 0.2) is 0 Å². The van der Waals surface area contributed by atoms with Crippen LogP contribution in [0.4, 0.5) is 0 Å². The summed E-state index contributed by atoms with van der Waals surface area (Å²) in [5.74, 6) is 1.15. The summed E-state index contributed by atoms with van der Waals surface area (Å²) in [4.78, 5) is 17.8. The maximum atomic E-state index is 13.2. The highest BCUT2D eigenvalue weighted by molar-refractivity contribution is 5.88. The smallest absolute Gasteiger partial charge is 0.237 e. The van der Waals surface area contributed by atoms with Crippen LogP contribution in [0.25, 0.3) is 10.9 Å². The number of piperidine rings is 1. The predicted octanol–water partition coefficient (Wildman–Crippen LogP) is 3.90. The molecular weight excluding hydrogens is 334 g/mol. The zero-order valence-corrected chi connectivity index (χ0v) is 16.7. The first-order valence-electron chi connectivity index (χ1n) is 10.8. The van der Waals surface area contributed by atoms with Crippen molar-refractivity contribution in [1.29, 1.82) is 0 Å². The Morgan fingerprint density at radius 2 is 1.93 bits per heavy atom. The number of aromatic nitrogens is 1. The molecule has 3 aliphatic rings. The molecule has 1 aromatic heterocycles. The van der Waals surface area contributed by atoms with Crippen LogP contribution in [0.3, 0.4) is 0 Å². The Balaban J connectivity index is 1.44. The van der Waals surface area contributed by atoms with E-state index in [9.17, 15) is 4.79 Å². The van der Waals surface area contributed by atoms with Crippen molar-refractivity contribution in [2.75, 3.05) is 26.2 Å². The second-order valence-corrected chi connectivity index (χ2v) is 8.99. The highest BCUT2D eigenvalue weighted by atomic mass is 16.2. The lowest BCUT2D eigenvalue weighted by Gasteiger charge is -2.41. The lowest BCUT2D eigenvalue weighted by Crippen LogP contribution is -2.48. The van der Waals surface area contributed by atoms with Gasteiger partial charge in [0.2, 0.25) is 5.91 Å². The molecule has 1 aliphatic carbocycles. The SMILES string of the molecule is Cc1ccc2c(c1)c1c3n2CCN(C(=O)CN2CCC(C)CC2)[C@@H]3CCC1. The first kappa shape index (κ1) is 17.3. The van der Waals surface area contributed by atoms with Gasteiger partial charge in [-0.1, -0.05) is 18.6 Å². The fourth-order valence-electron chi connectivity index (χ4n) is 5.52. The van der Waals surface area contributed by atoms with Crippen molar-refractivity contribution in [3.8, 4) is 0 Å². The van der Waals surface area contributed by atoms with E-state index in [0.29, 0.717) is 12.5 Å². The quantitative estimate of drug-likeness (QED) is 0.807. The van der Waals surface area contributed by atoms with Gasteiger partial charge in [0.25, 0.3) is 0 Å². The maximum absolute atomic E-state index is 13.2. The summed E-state index contributed by atoms with van der Waals surface area (Å²) in [5, 5.41) is 1.43. The van der Waals surface area contributed by atoms with E-state index in [2.05, 4.69) is 46.4 Å². The molecule has 0 saturated carbocycles. The van der Waals surface area contributed by atoms with Gasteiger partial charge in [-0.25, -0.2) is 0 Å².